The number of hydrogen-bond acceptors (Lipinski definition) is 7. The number of para-hydroxylation sites is 1. The molecule has 5 rings (SSSR count). The van der Waals surface area contributed by atoms with Gasteiger partial charge in [0.25, 0.3) is 5.91 Å². The molecule has 6 N–H and O–H groups in total. The topological polar surface area (TPSA) is 140 Å². The smallest absolute Gasteiger partial charge is 0.251 e. The lowest BCUT2D eigenvalue weighted by molar-refractivity contribution is -0.120. The summed E-state index contributed by atoms with van der Waals surface area (Å²) in [6, 6.07) is 36.9. The van der Waals surface area contributed by atoms with Crippen LogP contribution in [-0.2, 0) is 37.3 Å². The Bertz CT molecular complexity index is 1850. The molecule has 0 radical (unpaired) electrons. The van der Waals surface area contributed by atoms with Crippen molar-refractivity contribution in [3.8, 4) is 17.2 Å². The third kappa shape index (κ3) is 10.8. The number of ether oxygens (including phenoxy) is 1. The molecule has 0 heterocycles. The van der Waals surface area contributed by atoms with E-state index >= 15 is 0 Å². The Balaban J connectivity index is 1.01. The molecule has 0 bridgehead atoms. The van der Waals surface area contributed by atoms with Crippen LogP contribution >= 0.6 is 0 Å². The zero-order chi connectivity index (χ0) is 35.3. The summed E-state index contributed by atoms with van der Waals surface area (Å²) in [5, 5.41) is 39.0. The van der Waals surface area contributed by atoms with Crippen LogP contribution in [0.3, 0.4) is 0 Å². The van der Waals surface area contributed by atoms with Gasteiger partial charge < -0.3 is 36.0 Å². The fourth-order valence-electron chi connectivity index (χ4n) is 5.47. The van der Waals surface area contributed by atoms with Gasteiger partial charge in [-0.25, -0.2) is 0 Å². The SMILES string of the molecule is C[C@H](Cc1cccc(CC(=O)NCc2ccc(CNC(=O)c3ccc(Oc4ccccc4)cc3)cc2)c1)NC[C@H](O)c1ccc(O)c(CO)c1. The maximum atomic E-state index is 12.8. The number of aromatic hydroxyl groups is 1. The van der Waals surface area contributed by atoms with Crippen molar-refractivity contribution in [2.45, 2.75) is 51.6 Å². The number of benzene rings is 5. The van der Waals surface area contributed by atoms with Crippen LogP contribution in [0.1, 0.15) is 56.8 Å². The molecule has 9 nitrogen and oxygen atoms in total. The van der Waals surface area contributed by atoms with Crippen molar-refractivity contribution >= 4 is 11.8 Å². The van der Waals surface area contributed by atoms with E-state index in [1.54, 1.807) is 36.4 Å². The minimum atomic E-state index is -0.786. The van der Waals surface area contributed by atoms with Gasteiger partial charge >= 0.3 is 0 Å². The second-order valence-corrected chi connectivity index (χ2v) is 12.3. The van der Waals surface area contributed by atoms with Crippen LogP contribution < -0.4 is 20.7 Å². The number of carbonyl (C=O) groups excluding carboxylic acids is 2. The van der Waals surface area contributed by atoms with Crippen LogP contribution in [0.2, 0.25) is 0 Å². The van der Waals surface area contributed by atoms with Gasteiger partial charge in [-0.3, -0.25) is 9.59 Å². The van der Waals surface area contributed by atoms with Crippen LogP contribution in [0.4, 0.5) is 0 Å². The maximum absolute atomic E-state index is 12.8. The van der Waals surface area contributed by atoms with E-state index in [-0.39, 0.29) is 36.6 Å². The number of aliphatic hydroxyl groups is 2. The number of rotatable bonds is 16. The van der Waals surface area contributed by atoms with Crippen LogP contribution in [0, 0.1) is 0 Å². The number of carbonyl (C=O) groups is 2. The van der Waals surface area contributed by atoms with E-state index in [1.165, 1.54) is 6.07 Å². The Morgan fingerprint density at radius 1 is 0.720 bits per heavy atom. The maximum Gasteiger partial charge on any atom is 0.251 e. The minimum absolute atomic E-state index is 0.00112. The molecule has 9 heteroatoms. The van der Waals surface area contributed by atoms with Crippen molar-refractivity contribution in [1.82, 2.24) is 16.0 Å². The Kier molecular flexibility index (Phi) is 12.7. The van der Waals surface area contributed by atoms with Gasteiger partial charge in [-0.1, -0.05) is 72.8 Å². The first kappa shape index (κ1) is 35.8. The van der Waals surface area contributed by atoms with E-state index in [0.717, 1.165) is 28.0 Å². The molecule has 0 fully saturated rings. The molecule has 258 valence electrons. The molecular weight excluding hydrogens is 630 g/mol. The first-order valence-corrected chi connectivity index (χ1v) is 16.6. The number of phenols is 1. The summed E-state index contributed by atoms with van der Waals surface area (Å²) >= 11 is 0. The predicted molar refractivity (Wildman–Crippen MR) is 193 cm³/mol. The van der Waals surface area contributed by atoms with Crippen molar-refractivity contribution < 1.29 is 29.6 Å². The van der Waals surface area contributed by atoms with Gasteiger partial charge in [0.05, 0.1) is 19.1 Å². The molecule has 0 spiro atoms. The second-order valence-electron chi connectivity index (χ2n) is 12.3. The Morgan fingerprint density at radius 2 is 1.38 bits per heavy atom. The summed E-state index contributed by atoms with van der Waals surface area (Å²) in [7, 11) is 0. The largest absolute Gasteiger partial charge is 0.508 e. The molecule has 2 amide bonds. The van der Waals surface area contributed by atoms with E-state index in [1.807, 2.05) is 85.8 Å². The fourth-order valence-corrected chi connectivity index (χ4v) is 5.47. The minimum Gasteiger partial charge on any atom is -0.508 e. The molecule has 0 saturated heterocycles. The van der Waals surface area contributed by atoms with Gasteiger partial charge in [0.15, 0.2) is 0 Å². The molecule has 0 unspecified atom stereocenters. The highest BCUT2D eigenvalue weighted by Crippen LogP contribution is 2.23. The lowest BCUT2D eigenvalue weighted by Gasteiger charge is -2.18. The summed E-state index contributed by atoms with van der Waals surface area (Å²) in [4.78, 5) is 25.4. The molecule has 0 aliphatic carbocycles. The Hall–Kier alpha value is -5.48. The first-order valence-electron chi connectivity index (χ1n) is 16.6. The van der Waals surface area contributed by atoms with E-state index in [4.69, 9.17) is 4.74 Å². The van der Waals surface area contributed by atoms with Crippen LogP contribution in [-0.4, -0.2) is 39.7 Å². The molecule has 50 heavy (non-hydrogen) atoms. The number of hydrogen-bond donors (Lipinski definition) is 6. The summed E-state index contributed by atoms with van der Waals surface area (Å²) in [5.41, 5.74) is 5.43. The fraction of sp³-hybridized carbons (Fsp3) is 0.220. The highest BCUT2D eigenvalue weighted by Gasteiger charge is 2.13. The van der Waals surface area contributed by atoms with E-state index in [2.05, 4.69) is 16.0 Å². The molecular formula is C41H43N3O6. The number of aliphatic hydroxyl groups excluding tert-OH is 2. The zero-order valence-corrected chi connectivity index (χ0v) is 28.0. The van der Waals surface area contributed by atoms with Crippen LogP contribution in [0.5, 0.6) is 17.2 Å². The van der Waals surface area contributed by atoms with Crippen molar-refractivity contribution in [2.75, 3.05) is 6.54 Å². The van der Waals surface area contributed by atoms with Crippen LogP contribution in [0.25, 0.3) is 0 Å². The van der Waals surface area contributed by atoms with Crippen molar-refractivity contribution in [3.63, 3.8) is 0 Å². The standard InChI is InChI=1S/C41H43N3O6/c1-28(42-26-39(47)34-16-19-38(46)35(23-34)27-45)20-31-6-5-7-32(21-31)22-40(48)43-24-29-10-12-30(13-11-29)25-44-41(49)33-14-17-37(18-15-33)50-36-8-3-2-4-9-36/h2-19,21,23,28,39,42,45-47H,20,22,24-27H2,1H3,(H,43,48)(H,44,49)/t28-,39+/m1/s1. The monoisotopic (exact) mass is 673 g/mol. The molecule has 0 saturated carbocycles. The second kappa shape index (κ2) is 17.8. The highest BCUT2D eigenvalue weighted by molar-refractivity contribution is 5.94. The number of amides is 2. The predicted octanol–water partition coefficient (Wildman–Crippen LogP) is 5.72. The van der Waals surface area contributed by atoms with Gasteiger partial charge in [-0.05, 0) is 89.7 Å². The van der Waals surface area contributed by atoms with Crippen molar-refractivity contribution in [2.24, 2.45) is 0 Å². The quantitative estimate of drug-likeness (QED) is 0.0788. The third-order valence-corrected chi connectivity index (χ3v) is 8.28. The molecule has 5 aromatic carbocycles. The van der Waals surface area contributed by atoms with Crippen LogP contribution in [0.15, 0.2) is 121 Å². The summed E-state index contributed by atoms with van der Waals surface area (Å²) < 4.78 is 5.79. The molecule has 0 aliphatic heterocycles. The summed E-state index contributed by atoms with van der Waals surface area (Å²) in [6.07, 6.45) is 0.181. The Labute approximate surface area is 292 Å². The van der Waals surface area contributed by atoms with Gasteiger partial charge in [0, 0.05) is 36.8 Å². The van der Waals surface area contributed by atoms with E-state index in [0.29, 0.717) is 48.5 Å². The van der Waals surface area contributed by atoms with Gasteiger partial charge in [-0.2, -0.15) is 0 Å². The molecule has 2 atom stereocenters. The van der Waals surface area contributed by atoms with Crippen molar-refractivity contribution in [3.05, 3.63) is 160 Å². The van der Waals surface area contributed by atoms with Gasteiger partial charge in [0.2, 0.25) is 5.91 Å². The lowest BCUT2D eigenvalue weighted by Crippen LogP contribution is -2.32. The third-order valence-electron chi connectivity index (χ3n) is 8.28. The normalized spacial score (nSPS) is 12.1. The Morgan fingerprint density at radius 3 is 2.08 bits per heavy atom. The summed E-state index contributed by atoms with van der Waals surface area (Å²) in [5.74, 6) is 1.13. The first-order chi connectivity index (χ1) is 24.2. The zero-order valence-electron chi connectivity index (χ0n) is 28.0. The molecule has 0 aliphatic rings. The van der Waals surface area contributed by atoms with Crippen molar-refractivity contribution in [1.29, 1.82) is 0 Å². The molecule has 0 aromatic heterocycles. The average molecular weight is 674 g/mol. The average Bonchev–Trinajstić information content (AvgIpc) is 3.13. The summed E-state index contributed by atoms with van der Waals surface area (Å²) in [6.45, 7) is 2.82. The van der Waals surface area contributed by atoms with E-state index in [9.17, 15) is 24.9 Å². The molecule has 5 aromatic rings. The van der Waals surface area contributed by atoms with Gasteiger partial charge in [0.1, 0.15) is 17.2 Å². The lowest BCUT2D eigenvalue weighted by atomic mass is 10.0. The number of nitrogens with one attached hydrogen (secondary N) is 3. The highest BCUT2D eigenvalue weighted by atomic mass is 16.5. The van der Waals surface area contributed by atoms with Gasteiger partial charge in [-0.15, -0.1) is 0 Å². The van der Waals surface area contributed by atoms with E-state index < -0.39 is 6.10 Å².